The van der Waals surface area contributed by atoms with E-state index in [4.69, 9.17) is 0 Å². The summed E-state index contributed by atoms with van der Waals surface area (Å²) in [6, 6.07) is 1.60. The quantitative estimate of drug-likeness (QED) is 0.658. The molecule has 0 atom stereocenters. The Morgan fingerprint density at radius 3 is 2.94 bits per heavy atom. The van der Waals surface area contributed by atoms with Crippen molar-refractivity contribution < 1.29 is 4.92 Å². The predicted octanol–water partition coefficient (Wildman–Crippen LogP) is 2.40. The molecule has 1 N–H and O–H groups in total. The van der Waals surface area contributed by atoms with Crippen LogP contribution in [0.3, 0.4) is 0 Å². The largest absolute Gasteiger partial charge is 0.324 e. The highest BCUT2D eigenvalue weighted by Gasteiger charge is 2.08. The molecular weight excluding hydrogens is 246 g/mol. The summed E-state index contributed by atoms with van der Waals surface area (Å²) in [4.78, 5) is 14.2. The van der Waals surface area contributed by atoms with Gasteiger partial charge in [0.25, 0.3) is 0 Å². The van der Waals surface area contributed by atoms with Gasteiger partial charge in [-0.05, 0) is 5.56 Å². The van der Waals surface area contributed by atoms with Crippen LogP contribution >= 0.6 is 22.7 Å². The van der Waals surface area contributed by atoms with E-state index in [1.54, 1.807) is 29.0 Å². The van der Waals surface area contributed by atoms with Gasteiger partial charge in [-0.25, -0.2) is 4.98 Å². The second kappa shape index (κ2) is 5.15. The molecule has 0 aliphatic carbocycles. The molecule has 0 saturated heterocycles. The lowest BCUT2D eigenvalue weighted by Gasteiger charge is -1.98. The lowest BCUT2D eigenvalue weighted by atomic mass is 10.3. The first kappa shape index (κ1) is 11.2. The number of aromatic nitrogens is 1. The summed E-state index contributed by atoms with van der Waals surface area (Å²) in [5.74, 6) is 0. The van der Waals surface area contributed by atoms with Gasteiger partial charge in [0.2, 0.25) is 0 Å². The van der Waals surface area contributed by atoms with Gasteiger partial charge in [0, 0.05) is 36.1 Å². The number of nitrogens with zero attached hydrogens (tertiary/aromatic N) is 2. The normalized spacial score (nSPS) is 10.5. The molecule has 5 nitrogen and oxygen atoms in total. The number of nitrogens with one attached hydrogen (secondary N) is 1. The molecule has 0 aliphatic heterocycles. The van der Waals surface area contributed by atoms with Gasteiger partial charge in [0.15, 0.2) is 0 Å². The monoisotopic (exact) mass is 255 g/mol. The Hall–Kier alpha value is -1.31. The van der Waals surface area contributed by atoms with Gasteiger partial charge < -0.3 is 5.32 Å². The Morgan fingerprint density at radius 2 is 2.31 bits per heavy atom. The van der Waals surface area contributed by atoms with Crippen molar-refractivity contribution in [3.8, 4) is 0 Å². The zero-order valence-electron chi connectivity index (χ0n) is 8.25. The topological polar surface area (TPSA) is 68.1 Å². The molecule has 7 heteroatoms. The highest BCUT2D eigenvalue weighted by atomic mass is 32.1. The molecule has 84 valence electrons. The van der Waals surface area contributed by atoms with E-state index in [9.17, 15) is 10.1 Å². The number of hydrogen-bond acceptors (Lipinski definition) is 6. The van der Waals surface area contributed by atoms with Gasteiger partial charge in [0.1, 0.15) is 5.01 Å². The van der Waals surface area contributed by atoms with Gasteiger partial charge in [-0.15, -0.1) is 11.3 Å². The maximum Gasteiger partial charge on any atom is 0.324 e. The van der Waals surface area contributed by atoms with Gasteiger partial charge in [-0.3, -0.25) is 10.1 Å². The van der Waals surface area contributed by atoms with Crippen LogP contribution in [-0.4, -0.2) is 9.91 Å². The number of rotatable bonds is 5. The summed E-state index contributed by atoms with van der Waals surface area (Å²) >= 11 is 2.74. The van der Waals surface area contributed by atoms with Crippen LogP contribution in [0.2, 0.25) is 0 Å². The molecule has 2 heterocycles. The molecule has 16 heavy (non-hydrogen) atoms. The van der Waals surface area contributed by atoms with E-state index in [2.05, 4.69) is 10.3 Å². The molecule has 0 saturated carbocycles. The summed E-state index contributed by atoms with van der Waals surface area (Å²) in [6.07, 6.45) is 1.76. The smallest absolute Gasteiger partial charge is 0.306 e. The van der Waals surface area contributed by atoms with Crippen molar-refractivity contribution in [2.75, 3.05) is 0 Å². The van der Waals surface area contributed by atoms with Crippen LogP contribution in [0.5, 0.6) is 0 Å². The van der Waals surface area contributed by atoms with Gasteiger partial charge in [-0.2, -0.15) is 0 Å². The van der Waals surface area contributed by atoms with E-state index in [0.29, 0.717) is 13.1 Å². The minimum Gasteiger partial charge on any atom is -0.306 e. The third-order valence-corrected chi connectivity index (χ3v) is 3.62. The maximum absolute atomic E-state index is 10.5. The summed E-state index contributed by atoms with van der Waals surface area (Å²) in [6.45, 7) is 1.32. The van der Waals surface area contributed by atoms with E-state index < -0.39 is 0 Å². The molecule has 0 aromatic carbocycles. The fourth-order valence-corrected chi connectivity index (χ4v) is 2.52. The fourth-order valence-electron chi connectivity index (χ4n) is 1.21. The Kier molecular flexibility index (Phi) is 3.60. The molecule has 2 rings (SSSR count). The first-order valence-corrected chi connectivity index (χ1v) is 6.32. The molecule has 0 amide bonds. The third-order valence-electron chi connectivity index (χ3n) is 1.91. The van der Waals surface area contributed by atoms with Crippen LogP contribution in [-0.2, 0) is 13.1 Å². The van der Waals surface area contributed by atoms with Crippen LogP contribution in [0, 0.1) is 10.1 Å². The number of hydrogen-bond donors (Lipinski definition) is 1. The summed E-state index contributed by atoms with van der Waals surface area (Å²) in [5.41, 5.74) is 0.938. The van der Waals surface area contributed by atoms with E-state index >= 15 is 0 Å². The first-order chi connectivity index (χ1) is 7.75. The zero-order chi connectivity index (χ0) is 11.4. The first-order valence-electron chi connectivity index (χ1n) is 4.56. The van der Waals surface area contributed by atoms with Crippen molar-refractivity contribution in [3.63, 3.8) is 0 Å². The van der Waals surface area contributed by atoms with Crippen molar-refractivity contribution in [2.24, 2.45) is 0 Å². The Morgan fingerprint density at radius 1 is 1.44 bits per heavy atom. The number of thiazole rings is 1. The lowest BCUT2D eigenvalue weighted by Crippen LogP contribution is -2.11. The second-order valence-electron chi connectivity index (χ2n) is 3.08. The van der Waals surface area contributed by atoms with E-state index in [0.717, 1.165) is 21.9 Å². The minimum atomic E-state index is -0.366. The molecule has 0 bridgehead atoms. The fraction of sp³-hybridized carbons (Fsp3) is 0.222. The number of thiophene rings is 1. The van der Waals surface area contributed by atoms with Crippen LogP contribution in [0.1, 0.15) is 10.6 Å². The molecule has 2 aromatic rings. The highest BCUT2D eigenvalue weighted by Crippen LogP contribution is 2.22. The summed E-state index contributed by atoms with van der Waals surface area (Å²) < 4.78 is 0. The zero-order valence-corrected chi connectivity index (χ0v) is 9.88. The van der Waals surface area contributed by atoms with Crippen molar-refractivity contribution in [2.45, 2.75) is 13.1 Å². The standard InChI is InChI=1S/C9H9N3O2S2/c13-12(14)9-3-7(6-16-9)4-10-5-8-11-1-2-15-8/h1-3,6,10H,4-5H2. The van der Waals surface area contributed by atoms with Crippen LogP contribution in [0.4, 0.5) is 5.00 Å². The van der Waals surface area contributed by atoms with E-state index in [1.807, 2.05) is 5.38 Å². The van der Waals surface area contributed by atoms with Crippen molar-refractivity contribution >= 4 is 27.7 Å². The Balaban J connectivity index is 1.83. The second-order valence-corrected chi connectivity index (χ2v) is 4.95. The minimum absolute atomic E-state index is 0.186. The van der Waals surface area contributed by atoms with Crippen LogP contribution < -0.4 is 5.32 Å². The Labute approximate surface area is 99.9 Å². The molecular formula is C9H9N3O2S2. The molecule has 0 fully saturated rings. The Bertz CT molecular complexity index is 467. The molecule has 0 spiro atoms. The highest BCUT2D eigenvalue weighted by molar-refractivity contribution is 7.13. The summed E-state index contributed by atoms with van der Waals surface area (Å²) in [5, 5.41) is 18.6. The molecule has 0 unspecified atom stereocenters. The average Bonchev–Trinajstić information content (AvgIpc) is 2.87. The average molecular weight is 255 g/mol. The van der Waals surface area contributed by atoms with Gasteiger partial charge in [-0.1, -0.05) is 11.3 Å². The van der Waals surface area contributed by atoms with Gasteiger partial charge >= 0.3 is 5.00 Å². The third kappa shape index (κ3) is 2.84. The molecule has 2 aromatic heterocycles. The van der Waals surface area contributed by atoms with Crippen molar-refractivity contribution in [1.82, 2.24) is 10.3 Å². The van der Waals surface area contributed by atoms with Gasteiger partial charge in [0.05, 0.1) is 4.92 Å². The van der Waals surface area contributed by atoms with E-state index in [-0.39, 0.29) is 9.92 Å². The van der Waals surface area contributed by atoms with Crippen molar-refractivity contribution in [1.29, 1.82) is 0 Å². The maximum atomic E-state index is 10.5. The van der Waals surface area contributed by atoms with Crippen molar-refractivity contribution in [3.05, 3.63) is 43.7 Å². The lowest BCUT2D eigenvalue weighted by molar-refractivity contribution is -0.380. The van der Waals surface area contributed by atoms with Crippen LogP contribution in [0.25, 0.3) is 0 Å². The summed E-state index contributed by atoms with van der Waals surface area (Å²) in [7, 11) is 0. The van der Waals surface area contributed by atoms with Crippen LogP contribution in [0.15, 0.2) is 23.0 Å². The molecule has 0 aliphatic rings. The predicted molar refractivity (Wildman–Crippen MR) is 63.6 cm³/mol. The number of nitro groups is 1. The SMILES string of the molecule is O=[N+]([O-])c1cc(CNCc2nccs2)cs1. The van der Waals surface area contributed by atoms with E-state index in [1.165, 1.54) is 0 Å². The molecule has 0 radical (unpaired) electrons.